The van der Waals surface area contributed by atoms with Gasteiger partial charge in [-0.05, 0) is 43.4 Å². The second-order valence-corrected chi connectivity index (χ2v) is 7.01. The van der Waals surface area contributed by atoms with Crippen LogP contribution in [0.3, 0.4) is 0 Å². The van der Waals surface area contributed by atoms with Gasteiger partial charge in [0.15, 0.2) is 9.84 Å². The van der Waals surface area contributed by atoms with Crippen LogP contribution < -0.4 is 0 Å². The summed E-state index contributed by atoms with van der Waals surface area (Å²) < 4.78 is 30.5. The van der Waals surface area contributed by atoms with Crippen molar-refractivity contribution in [2.75, 3.05) is 13.2 Å². The van der Waals surface area contributed by atoms with Crippen LogP contribution in [0.15, 0.2) is 23.1 Å². The second kappa shape index (κ2) is 5.41. The first-order valence-corrected chi connectivity index (χ1v) is 8.01. The van der Waals surface area contributed by atoms with Crippen molar-refractivity contribution in [2.24, 2.45) is 0 Å². The van der Waals surface area contributed by atoms with Crippen LogP contribution >= 0.6 is 0 Å². The van der Waals surface area contributed by atoms with Crippen LogP contribution in [0, 0.1) is 6.92 Å². The van der Waals surface area contributed by atoms with E-state index < -0.39 is 9.84 Å². The number of hydrogen-bond acceptors (Lipinski definition) is 3. The Balaban J connectivity index is 2.39. The van der Waals surface area contributed by atoms with Crippen LogP contribution in [0.5, 0.6) is 0 Å². The van der Waals surface area contributed by atoms with Gasteiger partial charge < -0.3 is 4.74 Å². The molecule has 0 aliphatic carbocycles. The second-order valence-electron chi connectivity index (χ2n) is 4.81. The molecule has 0 amide bonds. The molecule has 0 N–H and O–H groups in total. The monoisotopic (exact) mass is 268 g/mol. The fraction of sp³-hybridized carbons (Fsp3) is 0.571. The van der Waals surface area contributed by atoms with E-state index in [0.29, 0.717) is 31.0 Å². The van der Waals surface area contributed by atoms with Crippen molar-refractivity contribution in [1.29, 1.82) is 0 Å². The Hall–Kier alpha value is -0.870. The van der Waals surface area contributed by atoms with E-state index in [1.165, 1.54) is 0 Å². The summed E-state index contributed by atoms with van der Waals surface area (Å²) in [7, 11) is -3.21. The van der Waals surface area contributed by atoms with Gasteiger partial charge in [0, 0.05) is 13.2 Å². The number of rotatable bonds is 3. The Kier molecular flexibility index (Phi) is 4.07. The highest BCUT2D eigenvalue weighted by molar-refractivity contribution is 7.92. The van der Waals surface area contributed by atoms with E-state index in [0.717, 1.165) is 17.5 Å². The predicted molar refractivity (Wildman–Crippen MR) is 71.6 cm³/mol. The van der Waals surface area contributed by atoms with E-state index in [1.54, 1.807) is 0 Å². The van der Waals surface area contributed by atoms with Crippen molar-refractivity contribution in [2.45, 2.75) is 43.3 Å². The molecule has 100 valence electrons. The first-order valence-electron chi connectivity index (χ1n) is 6.47. The SMILES string of the molecule is CCc1ccc(C)c(S(=O)(=O)C2CCOCC2)c1. The summed E-state index contributed by atoms with van der Waals surface area (Å²) in [6, 6.07) is 5.74. The molecule has 1 saturated heterocycles. The van der Waals surface area contributed by atoms with Crippen LogP contribution in [-0.2, 0) is 21.0 Å². The number of sulfone groups is 1. The molecule has 0 radical (unpaired) electrons. The maximum atomic E-state index is 12.6. The lowest BCUT2D eigenvalue weighted by atomic mass is 10.1. The lowest BCUT2D eigenvalue weighted by Crippen LogP contribution is -2.29. The van der Waals surface area contributed by atoms with Gasteiger partial charge in [-0.15, -0.1) is 0 Å². The van der Waals surface area contributed by atoms with Crippen molar-refractivity contribution in [3.63, 3.8) is 0 Å². The minimum atomic E-state index is -3.21. The third-order valence-corrected chi connectivity index (χ3v) is 5.98. The van der Waals surface area contributed by atoms with Crippen LogP contribution in [0.2, 0.25) is 0 Å². The van der Waals surface area contributed by atoms with Crippen LogP contribution in [-0.4, -0.2) is 26.9 Å². The van der Waals surface area contributed by atoms with Gasteiger partial charge in [-0.25, -0.2) is 8.42 Å². The average Bonchev–Trinajstić information content (AvgIpc) is 2.40. The lowest BCUT2D eigenvalue weighted by molar-refractivity contribution is 0.0983. The first-order chi connectivity index (χ1) is 8.55. The highest BCUT2D eigenvalue weighted by Gasteiger charge is 2.30. The van der Waals surface area contributed by atoms with Crippen molar-refractivity contribution in [3.05, 3.63) is 29.3 Å². The Morgan fingerprint density at radius 3 is 2.56 bits per heavy atom. The maximum absolute atomic E-state index is 12.6. The molecule has 0 unspecified atom stereocenters. The first kappa shape index (κ1) is 13.6. The zero-order valence-electron chi connectivity index (χ0n) is 11.0. The molecule has 4 heteroatoms. The molecule has 1 aliphatic rings. The van der Waals surface area contributed by atoms with Gasteiger partial charge in [0.05, 0.1) is 10.1 Å². The summed E-state index contributed by atoms with van der Waals surface area (Å²) in [5.41, 5.74) is 1.92. The number of ether oxygens (including phenoxy) is 1. The summed E-state index contributed by atoms with van der Waals surface area (Å²) in [5, 5.41) is -0.281. The number of hydrogen-bond donors (Lipinski definition) is 0. The van der Waals surface area contributed by atoms with E-state index >= 15 is 0 Å². The van der Waals surface area contributed by atoms with Crippen molar-refractivity contribution in [3.8, 4) is 0 Å². The summed E-state index contributed by atoms with van der Waals surface area (Å²) in [5.74, 6) is 0. The molecule has 1 aromatic carbocycles. The van der Waals surface area contributed by atoms with Crippen LogP contribution in [0.1, 0.15) is 30.9 Å². The van der Waals surface area contributed by atoms with Gasteiger partial charge in [0.25, 0.3) is 0 Å². The smallest absolute Gasteiger partial charge is 0.181 e. The van der Waals surface area contributed by atoms with Crippen molar-refractivity contribution < 1.29 is 13.2 Å². The molecular formula is C14H20O3S. The highest BCUT2D eigenvalue weighted by atomic mass is 32.2. The average molecular weight is 268 g/mol. The molecule has 18 heavy (non-hydrogen) atoms. The molecule has 0 spiro atoms. The zero-order valence-corrected chi connectivity index (χ0v) is 11.8. The fourth-order valence-electron chi connectivity index (χ4n) is 2.34. The third-order valence-electron chi connectivity index (χ3n) is 3.57. The van der Waals surface area contributed by atoms with Gasteiger partial charge in [0.2, 0.25) is 0 Å². The van der Waals surface area contributed by atoms with Gasteiger partial charge in [0.1, 0.15) is 0 Å². The van der Waals surface area contributed by atoms with E-state index in [4.69, 9.17) is 4.74 Å². The Labute approximate surface area is 109 Å². The topological polar surface area (TPSA) is 43.4 Å². The Bertz CT molecular complexity index is 514. The molecule has 1 aromatic rings. The summed E-state index contributed by atoms with van der Waals surface area (Å²) in [6.45, 7) is 5.01. The van der Waals surface area contributed by atoms with Crippen molar-refractivity contribution >= 4 is 9.84 Å². The van der Waals surface area contributed by atoms with E-state index in [2.05, 4.69) is 0 Å². The van der Waals surface area contributed by atoms with Crippen molar-refractivity contribution in [1.82, 2.24) is 0 Å². The molecule has 0 atom stereocenters. The van der Waals surface area contributed by atoms with E-state index in [1.807, 2.05) is 32.0 Å². The largest absolute Gasteiger partial charge is 0.381 e. The van der Waals surface area contributed by atoms with Gasteiger partial charge in [-0.1, -0.05) is 19.1 Å². The maximum Gasteiger partial charge on any atom is 0.181 e. The fourth-order valence-corrected chi connectivity index (χ4v) is 4.34. The molecule has 0 bridgehead atoms. The molecule has 0 aromatic heterocycles. The normalized spacial score (nSPS) is 17.9. The predicted octanol–water partition coefficient (Wildman–Crippen LogP) is 2.51. The molecular weight excluding hydrogens is 248 g/mol. The minimum absolute atomic E-state index is 0.281. The van der Waals surface area contributed by atoms with Gasteiger partial charge in [-0.2, -0.15) is 0 Å². The van der Waals surface area contributed by atoms with Gasteiger partial charge >= 0.3 is 0 Å². The van der Waals surface area contributed by atoms with E-state index in [9.17, 15) is 8.42 Å². The summed E-state index contributed by atoms with van der Waals surface area (Å²) in [4.78, 5) is 0.508. The zero-order chi connectivity index (χ0) is 13.2. The lowest BCUT2D eigenvalue weighted by Gasteiger charge is -2.23. The number of aryl methyl sites for hydroxylation is 2. The minimum Gasteiger partial charge on any atom is -0.381 e. The van der Waals surface area contributed by atoms with E-state index in [-0.39, 0.29) is 5.25 Å². The molecule has 1 heterocycles. The highest BCUT2D eigenvalue weighted by Crippen LogP contribution is 2.26. The summed E-state index contributed by atoms with van der Waals surface area (Å²) in [6.07, 6.45) is 2.08. The summed E-state index contributed by atoms with van der Waals surface area (Å²) >= 11 is 0. The standard InChI is InChI=1S/C14H20O3S/c1-3-12-5-4-11(2)14(10-12)18(15,16)13-6-8-17-9-7-13/h4-5,10,13H,3,6-9H2,1-2H3. The van der Waals surface area contributed by atoms with Crippen LogP contribution in [0.4, 0.5) is 0 Å². The Morgan fingerprint density at radius 1 is 1.28 bits per heavy atom. The van der Waals surface area contributed by atoms with Crippen LogP contribution in [0.25, 0.3) is 0 Å². The van der Waals surface area contributed by atoms with Gasteiger partial charge in [-0.3, -0.25) is 0 Å². The quantitative estimate of drug-likeness (QED) is 0.846. The molecule has 3 nitrogen and oxygen atoms in total. The molecule has 2 rings (SSSR count). The molecule has 0 saturated carbocycles. The molecule has 1 aliphatic heterocycles. The Morgan fingerprint density at radius 2 is 1.94 bits per heavy atom. The molecule has 1 fully saturated rings. The third kappa shape index (κ3) is 2.59. The number of benzene rings is 1.